The molecule has 0 fully saturated rings. The number of rotatable bonds is 43. The summed E-state index contributed by atoms with van der Waals surface area (Å²) in [5.41, 5.74) is 0. The van der Waals surface area contributed by atoms with Crippen LogP contribution in [0.1, 0.15) is 201 Å². The number of hydrogen-bond donors (Lipinski definition) is 0. The van der Waals surface area contributed by atoms with Crippen LogP contribution in [0.4, 0.5) is 0 Å². The number of esters is 2. The molecule has 0 aliphatic carbocycles. The van der Waals surface area contributed by atoms with Gasteiger partial charge >= 0.3 is 11.9 Å². The normalized spacial score (nSPS) is 13.2. The molecule has 0 saturated carbocycles. The topological polar surface area (TPSA) is 61.8 Å². The van der Waals surface area contributed by atoms with Crippen LogP contribution in [0.2, 0.25) is 0 Å². The molecule has 340 valence electrons. The lowest BCUT2D eigenvalue weighted by atomic mass is 10.1. The van der Waals surface area contributed by atoms with E-state index in [-0.39, 0.29) is 25.2 Å². The lowest BCUT2D eigenvalue weighted by molar-refractivity contribution is -0.163. The first-order chi connectivity index (χ1) is 29.6. The maximum absolute atomic E-state index is 12.8. The Morgan fingerprint density at radius 1 is 0.383 bits per heavy atom. The molecule has 60 heavy (non-hydrogen) atoms. The van der Waals surface area contributed by atoms with Gasteiger partial charge in [-0.2, -0.15) is 0 Å². The molecule has 0 amide bonds. The standard InChI is InChI=1S/C55H90O5/c1-4-7-10-13-16-19-22-25-26-27-28-29-32-35-38-41-44-47-50-58-51-53(60-55(57)49-46-43-40-37-34-31-24-21-18-15-12-9-6-3)52-59-54(56)48-45-42-39-36-33-30-23-20-17-14-11-8-5-2/h7-8,10-12,15-17,19-21,24-26,28-30,33,53H,4-6,9,13-14,18,22-23,27,31-32,34-52H2,1-3H3/b10-7-,11-8-,15-12-,19-16-,20-17-,24-21-,26-25-,29-28-,33-30-. The third-order valence-corrected chi connectivity index (χ3v) is 9.75. The van der Waals surface area contributed by atoms with Gasteiger partial charge in [-0.25, -0.2) is 0 Å². The van der Waals surface area contributed by atoms with Gasteiger partial charge in [-0.05, 0) is 116 Å². The molecule has 0 N–H and O–H groups in total. The first-order valence-electron chi connectivity index (χ1n) is 24.4. The highest BCUT2D eigenvalue weighted by Gasteiger charge is 2.17. The predicted molar refractivity (Wildman–Crippen MR) is 260 cm³/mol. The van der Waals surface area contributed by atoms with E-state index in [1.54, 1.807) is 0 Å². The quantitative estimate of drug-likeness (QED) is 0.0348. The minimum absolute atomic E-state index is 0.0499. The third-order valence-electron chi connectivity index (χ3n) is 9.75. The minimum Gasteiger partial charge on any atom is -0.462 e. The summed E-state index contributed by atoms with van der Waals surface area (Å²) in [7, 11) is 0. The molecule has 0 radical (unpaired) electrons. The van der Waals surface area contributed by atoms with Crippen molar-refractivity contribution in [3.05, 3.63) is 109 Å². The fourth-order valence-corrected chi connectivity index (χ4v) is 6.20. The highest BCUT2D eigenvalue weighted by molar-refractivity contribution is 5.70. The van der Waals surface area contributed by atoms with E-state index in [1.807, 2.05) is 0 Å². The van der Waals surface area contributed by atoms with Crippen LogP contribution in [0.25, 0.3) is 0 Å². The van der Waals surface area contributed by atoms with E-state index in [4.69, 9.17) is 14.2 Å². The molecular weight excluding hydrogens is 741 g/mol. The molecule has 0 aromatic rings. The maximum atomic E-state index is 12.8. The summed E-state index contributed by atoms with van der Waals surface area (Å²) in [6.45, 7) is 7.43. The number of unbranched alkanes of at least 4 members (excludes halogenated alkanes) is 14. The molecule has 0 spiro atoms. The average Bonchev–Trinajstić information content (AvgIpc) is 3.25. The van der Waals surface area contributed by atoms with Crippen LogP contribution >= 0.6 is 0 Å². The van der Waals surface area contributed by atoms with Crippen LogP contribution < -0.4 is 0 Å². The van der Waals surface area contributed by atoms with Crippen molar-refractivity contribution in [3.8, 4) is 0 Å². The number of carbonyl (C=O) groups excluding carboxylic acids is 2. The second kappa shape index (κ2) is 49.9. The van der Waals surface area contributed by atoms with E-state index in [0.717, 1.165) is 128 Å². The van der Waals surface area contributed by atoms with E-state index >= 15 is 0 Å². The number of hydrogen-bond acceptors (Lipinski definition) is 5. The molecule has 1 atom stereocenters. The number of carbonyl (C=O) groups is 2. The summed E-state index contributed by atoms with van der Waals surface area (Å²) in [5.74, 6) is -0.467. The van der Waals surface area contributed by atoms with Crippen molar-refractivity contribution in [1.29, 1.82) is 0 Å². The first kappa shape index (κ1) is 56.6. The summed E-state index contributed by atoms with van der Waals surface area (Å²) in [4.78, 5) is 25.3. The Bertz CT molecular complexity index is 1210. The van der Waals surface area contributed by atoms with Gasteiger partial charge in [0, 0.05) is 19.4 Å². The SMILES string of the molecule is CC/C=C\C/C=C\C/C=C\C/C=C\CCCCCCCOCC(COC(=O)CCCCC/C=C\C/C=C\C/C=C\CC)OC(=O)CCCCCCC/C=C\C/C=C\CCC. The first-order valence-corrected chi connectivity index (χ1v) is 24.4. The summed E-state index contributed by atoms with van der Waals surface area (Å²) in [5, 5.41) is 0. The van der Waals surface area contributed by atoms with Gasteiger partial charge in [0.15, 0.2) is 6.10 Å². The van der Waals surface area contributed by atoms with E-state index in [2.05, 4.69) is 130 Å². The molecular formula is C55H90O5. The molecule has 0 rings (SSSR count). The van der Waals surface area contributed by atoms with Gasteiger partial charge in [-0.15, -0.1) is 0 Å². The van der Waals surface area contributed by atoms with Crippen molar-refractivity contribution in [2.24, 2.45) is 0 Å². The van der Waals surface area contributed by atoms with Gasteiger partial charge < -0.3 is 14.2 Å². The second-order valence-electron chi connectivity index (χ2n) is 15.6. The lowest BCUT2D eigenvalue weighted by Crippen LogP contribution is -2.30. The van der Waals surface area contributed by atoms with Crippen LogP contribution in [0, 0.1) is 0 Å². The summed E-state index contributed by atoms with van der Waals surface area (Å²) < 4.78 is 17.3. The largest absolute Gasteiger partial charge is 0.462 e. The molecule has 5 nitrogen and oxygen atoms in total. The van der Waals surface area contributed by atoms with Gasteiger partial charge in [-0.1, -0.05) is 182 Å². The zero-order chi connectivity index (χ0) is 43.5. The van der Waals surface area contributed by atoms with E-state index in [9.17, 15) is 9.59 Å². The zero-order valence-electron chi connectivity index (χ0n) is 38.9. The van der Waals surface area contributed by atoms with E-state index in [0.29, 0.717) is 19.4 Å². The Morgan fingerprint density at radius 3 is 1.22 bits per heavy atom. The maximum Gasteiger partial charge on any atom is 0.306 e. The fraction of sp³-hybridized carbons (Fsp3) is 0.636. The Kier molecular flexibility index (Phi) is 47.1. The van der Waals surface area contributed by atoms with Gasteiger partial charge in [0.2, 0.25) is 0 Å². The van der Waals surface area contributed by atoms with Crippen LogP contribution in [0.5, 0.6) is 0 Å². The Hall–Kier alpha value is -3.44. The third kappa shape index (κ3) is 47.2. The highest BCUT2D eigenvalue weighted by atomic mass is 16.6. The smallest absolute Gasteiger partial charge is 0.306 e. The Labute approximate surface area is 370 Å². The van der Waals surface area contributed by atoms with Crippen molar-refractivity contribution >= 4 is 11.9 Å². The molecule has 0 saturated heterocycles. The van der Waals surface area contributed by atoms with Crippen molar-refractivity contribution in [1.82, 2.24) is 0 Å². The van der Waals surface area contributed by atoms with E-state index < -0.39 is 6.10 Å². The monoisotopic (exact) mass is 831 g/mol. The molecule has 0 aromatic carbocycles. The number of allylic oxidation sites excluding steroid dienone is 18. The zero-order valence-corrected chi connectivity index (χ0v) is 38.9. The van der Waals surface area contributed by atoms with Crippen LogP contribution in [0.3, 0.4) is 0 Å². The number of ether oxygens (including phenoxy) is 3. The summed E-state index contributed by atoms with van der Waals surface area (Å²) in [6.07, 6.45) is 68.1. The van der Waals surface area contributed by atoms with Crippen molar-refractivity contribution < 1.29 is 23.8 Å². The van der Waals surface area contributed by atoms with Crippen LogP contribution in [-0.2, 0) is 23.8 Å². The minimum atomic E-state index is -0.571. The van der Waals surface area contributed by atoms with E-state index in [1.165, 1.54) is 38.5 Å². The highest BCUT2D eigenvalue weighted by Crippen LogP contribution is 2.12. The Morgan fingerprint density at radius 2 is 0.750 bits per heavy atom. The lowest BCUT2D eigenvalue weighted by Gasteiger charge is -2.18. The van der Waals surface area contributed by atoms with Crippen LogP contribution in [0.15, 0.2) is 109 Å². The summed E-state index contributed by atoms with van der Waals surface area (Å²) >= 11 is 0. The van der Waals surface area contributed by atoms with Gasteiger partial charge in [0.1, 0.15) is 6.61 Å². The molecule has 5 heteroatoms. The van der Waals surface area contributed by atoms with Gasteiger partial charge in [0.25, 0.3) is 0 Å². The van der Waals surface area contributed by atoms with Crippen molar-refractivity contribution in [2.45, 2.75) is 207 Å². The Balaban J connectivity index is 4.38. The summed E-state index contributed by atoms with van der Waals surface area (Å²) in [6, 6.07) is 0. The van der Waals surface area contributed by atoms with Crippen molar-refractivity contribution in [3.63, 3.8) is 0 Å². The molecule has 1 unspecified atom stereocenters. The molecule has 0 aliphatic rings. The van der Waals surface area contributed by atoms with Crippen LogP contribution in [-0.4, -0.2) is 37.9 Å². The molecule has 0 aliphatic heterocycles. The molecule has 0 heterocycles. The molecule has 0 aromatic heterocycles. The van der Waals surface area contributed by atoms with Gasteiger partial charge in [-0.3, -0.25) is 9.59 Å². The van der Waals surface area contributed by atoms with Gasteiger partial charge in [0.05, 0.1) is 6.61 Å². The van der Waals surface area contributed by atoms with Crippen molar-refractivity contribution in [2.75, 3.05) is 19.8 Å². The fourth-order valence-electron chi connectivity index (χ4n) is 6.20. The second-order valence-corrected chi connectivity index (χ2v) is 15.6. The predicted octanol–water partition coefficient (Wildman–Crippen LogP) is 16.4. The average molecular weight is 831 g/mol. The molecule has 0 bridgehead atoms.